The van der Waals surface area contributed by atoms with Crippen LogP contribution in [0.4, 0.5) is 0 Å². The first-order valence-electron chi connectivity index (χ1n) is 5.14. The van der Waals surface area contributed by atoms with Gasteiger partial charge in [0.05, 0.1) is 13.0 Å². The number of carbonyl (C=O) groups is 2. The number of primary amides is 1. The summed E-state index contributed by atoms with van der Waals surface area (Å²) in [5, 5.41) is 8.53. The largest absolute Gasteiger partial charge is 0.481 e. The molecule has 0 aromatic carbocycles. The maximum absolute atomic E-state index is 10.7. The van der Waals surface area contributed by atoms with E-state index in [4.69, 9.17) is 10.8 Å². The molecule has 0 radical (unpaired) electrons. The molecule has 1 amide bonds. The number of hydrogen-bond acceptors (Lipinski definition) is 3. The molecule has 15 heavy (non-hydrogen) atoms. The summed E-state index contributed by atoms with van der Waals surface area (Å²) < 4.78 is 0. The van der Waals surface area contributed by atoms with Crippen molar-refractivity contribution in [3.05, 3.63) is 0 Å². The highest BCUT2D eigenvalue weighted by molar-refractivity contribution is 5.76. The SMILES string of the molecule is CC(C)CCN(CCC(=O)O)CC(N)=O. The lowest BCUT2D eigenvalue weighted by molar-refractivity contribution is -0.137. The number of nitrogens with zero attached hydrogens (tertiary/aromatic N) is 1. The summed E-state index contributed by atoms with van der Waals surface area (Å²) in [6.07, 6.45) is 0.984. The molecule has 0 atom stereocenters. The van der Waals surface area contributed by atoms with Crippen LogP contribution in [-0.4, -0.2) is 41.5 Å². The van der Waals surface area contributed by atoms with Crippen LogP contribution < -0.4 is 5.73 Å². The van der Waals surface area contributed by atoms with Crippen molar-refractivity contribution in [3.63, 3.8) is 0 Å². The summed E-state index contributed by atoms with van der Waals surface area (Å²) in [7, 11) is 0. The van der Waals surface area contributed by atoms with E-state index in [0.29, 0.717) is 19.0 Å². The lowest BCUT2D eigenvalue weighted by atomic mass is 10.1. The molecule has 5 nitrogen and oxygen atoms in total. The van der Waals surface area contributed by atoms with Crippen molar-refractivity contribution in [2.24, 2.45) is 11.7 Å². The first-order valence-corrected chi connectivity index (χ1v) is 5.14. The molecule has 88 valence electrons. The second-order valence-corrected chi connectivity index (χ2v) is 4.07. The third-order valence-electron chi connectivity index (χ3n) is 2.04. The van der Waals surface area contributed by atoms with Gasteiger partial charge < -0.3 is 10.8 Å². The minimum absolute atomic E-state index is 0.0470. The van der Waals surface area contributed by atoms with E-state index in [-0.39, 0.29) is 13.0 Å². The molecule has 0 aromatic heterocycles. The fraction of sp³-hybridized carbons (Fsp3) is 0.800. The van der Waals surface area contributed by atoms with Crippen LogP contribution in [0.25, 0.3) is 0 Å². The first-order chi connectivity index (χ1) is 6.91. The standard InChI is InChI=1S/C10H20N2O3/c1-8(2)3-5-12(7-9(11)13)6-4-10(14)15/h8H,3-7H2,1-2H3,(H2,11,13)(H,14,15). The summed E-state index contributed by atoms with van der Waals surface area (Å²) in [4.78, 5) is 22.9. The molecule has 0 aliphatic rings. The van der Waals surface area contributed by atoms with Crippen LogP contribution in [0.1, 0.15) is 26.7 Å². The topological polar surface area (TPSA) is 83.6 Å². The van der Waals surface area contributed by atoms with Crippen molar-refractivity contribution in [2.75, 3.05) is 19.6 Å². The molecular formula is C10H20N2O3. The molecule has 0 aromatic rings. The Morgan fingerprint density at radius 1 is 1.33 bits per heavy atom. The molecule has 0 aliphatic carbocycles. The van der Waals surface area contributed by atoms with Crippen molar-refractivity contribution in [1.29, 1.82) is 0 Å². The van der Waals surface area contributed by atoms with E-state index in [9.17, 15) is 9.59 Å². The lowest BCUT2D eigenvalue weighted by Crippen LogP contribution is -2.36. The van der Waals surface area contributed by atoms with Gasteiger partial charge in [-0.25, -0.2) is 0 Å². The van der Waals surface area contributed by atoms with Gasteiger partial charge in [0.1, 0.15) is 0 Å². The maximum Gasteiger partial charge on any atom is 0.304 e. The van der Waals surface area contributed by atoms with E-state index in [2.05, 4.69) is 13.8 Å². The zero-order valence-electron chi connectivity index (χ0n) is 9.40. The molecular weight excluding hydrogens is 196 g/mol. The Morgan fingerprint density at radius 2 is 1.93 bits per heavy atom. The summed E-state index contributed by atoms with van der Waals surface area (Å²) in [6, 6.07) is 0. The van der Waals surface area contributed by atoms with Gasteiger partial charge in [0.15, 0.2) is 0 Å². The Kier molecular flexibility index (Phi) is 6.70. The van der Waals surface area contributed by atoms with Crippen molar-refractivity contribution >= 4 is 11.9 Å². The van der Waals surface area contributed by atoms with Crippen LogP contribution in [0.15, 0.2) is 0 Å². The monoisotopic (exact) mass is 216 g/mol. The van der Waals surface area contributed by atoms with Crippen molar-refractivity contribution in [2.45, 2.75) is 26.7 Å². The summed E-state index contributed by atoms with van der Waals surface area (Å²) in [5.41, 5.74) is 5.08. The van der Waals surface area contributed by atoms with E-state index in [1.807, 2.05) is 0 Å². The third-order valence-corrected chi connectivity index (χ3v) is 2.04. The van der Waals surface area contributed by atoms with Crippen molar-refractivity contribution in [1.82, 2.24) is 4.90 Å². The molecule has 0 saturated carbocycles. The average molecular weight is 216 g/mol. The number of nitrogens with two attached hydrogens (primary N) is 1. The second-order valence-electron chi connectivity index (χ2n) is 4.07. The number of rotatable bonds is 8. The van der Waals surface area contributed by atoms with Crippen LogP contribution >= 0.6 is 0 Å². The molecule has 0 fully saturated rings. The van der Waals surface area contributed by atoms with E-state index in [1.54, 1.807) is 4.90 Å². The van der Waals surface area contributed by atoms with Gasteiger partial charge in [0.2, 0.25) is 5.91 Å². The lowest BCUT2D eigenvalue weighted by Gasteiger charge is -2.20. The Bertz CT molecular complexity index is 217. The van der Waals surface area contributed by atoms with Crippen LogP contribution in [-0.2, 0) is 9.59 Å². The summed E-state index contributed by atoms with van der Waals surface area (Å²) >= 11 is 0. The normalized spacial score (nSPS) is 10.9. The number of aliphatic carboxylic acids is 1. The van der Waals surface area contributed by atoms with E-state index in [0.717, 1.165) is 6.42 Å². The van der Waals surface area contributed by atoms with Gasteiger partial charge in [-0.1, -0.05) is 13.8 Å². The zero-order chi connectivity index (χ0) is 11.8. The molecule has 0 unspecified atom stereocenters. The Balaban J connectivity index is 3.94. The van der Waals surface area contributed by atoms with Crippen LogP contribution in [0.5, 0.6) is 0 Å². The predicted octanol–water partition coefficient (Wildman–Crippen LogP) is 0.295. The van der Waals surface area contributed by atoms with Gasteiger partial charge in [0.25, 0.3) is 0 Å². The van der Waals surface area contributed by atoms with Gasteiger partial charge in [-0.3, -0.25) is 14.5 Å². The Labute approximate surface area is 90.2 Å². The number of carboxylic acid groups (broad SMARTS) is 1. The molecule has 0 aliphatic heterocycles. The number of amides is 1. The highest BCUT2D eigenvalue weighted by atomic mass is 16.4. The summed E-state index contributed by atoms with van der Waals surface area (Å²) in [6.45, 7) is 5.40. The number of carboxylic acids is 1. The van der Waals surface area contributed by atoms with Gasteiger partial charge in [-0.2, -0.15) is 0 Å². The van der Waals surface area contributed by atoms with Crippen LogP contribution in [0.2, 0.25) is 0 Å². The van der Waals surface area contributed by atoms with E-state index in [1.165, 1.54) is 0 Å². The zero-order valence-corrected chi connectivity index (χ0v) is 9.40. The van der Waals surface area contributed by atoms with Gasteiger partial charge >= 0.3 is 5.97 Å². The maximum atomic E-state index is 10.7. The van der Waals surface area contributed by atoms with Crippen molar-refractivity contribution in [3.8, 4) is 0 Å². The minimum atomic E-state index is -0.853. The molecule has 0 bridgehead atoms. The quantitative estimate of drug-likeness (QED) is 0.611. The highest BCUT2D eigenvalue weighted by Gasteiger charge is 2.10. The fourth-order valence-corrected chi connectivity index (χ4v) is 1.18. The van der Waals surface area contributed by atoms with Crippen LogP contribution in [0.3, 0.4) is 0 Å². The van der Waals surface area contributed by atoms with Gasteiger partial charge in [-0.05, 0) is 18.9 Å². The van der Waals surface area contributed by atoms with Gasteiger partial charge in [-0.15, -0.1) is 0 Å². The fourth-order valence-electron chi connectivity index (χ4n) is 1.18. The Hall–Kier alpha value is -1.10. The Morgan fingerprint density at radius 3 is 2.33 bits per heavy atom. The molecule has 0 spiro atoms. The predicted molar refractivity (Wildman–Crippen MR) is 57.3 cm³/mol. The minimum Gasteiger partial charge on any atom is -0.481 e. The highest BCUT2D eigenvalue weighted by Crippen LogP contribution is 2.02. The molecule has 0 heterocycles. The van der Waals surface area contributed by atoms with E-state index < -0.39 is 11.9 Å². The average Bonchev–Trinajstić information content (AvgIpc) is 2.08. The van der Waals surface area contributed by atoms with E-state index >= 15 is 0 Å². The smallest absolute Gasteiger partial charge is 0.304 e. The molecule has 3 N–H and O–H groups in total. The molecule has 0 rings (SSSR count). The number of carbonyl (C=O) groups excluding carboxylic acids is 1. The van der Waals surface area contributed by atoms with Crippen LogP contribution in [0, 0.1) is 5.92 Å². The van der Waals surface area contributed by atoms with Crippen molar-refractivity contribution < 1.29 is 14.7 Å². The second kappa shape index (κ2) is 7.23. The molecule has 5 heteroatoms. The van der Waals surface area contributed by atoms with Gasteiger partial charge in [0, 0.05) is 6.54 Å². The molecule has 0 saturated heterocycles. The third kappa shape index (κ3) is 9.21. The number of hydrogen-bond donors (Lipinski definition) is 2. The first kappa shape index (κ1) is 13.9. The summed E-state index contributed by atoms with van der Waals surface area (Å²) in [5.74, 6) is -0.733.